The summed E-state index contributed by atoms with van der Waals surface area (Å²) in [6.45, 7) is 4.84. The molecule has 1 fully saturated rings. The van der Waals surface area contributed by atoms with Gasteiger partial charge in [0.25, 0.3) is 0 Å². The van der Waals surface area contributed by atoms with E-state index in [0.29, 0.717) is 31.9 Å². The molecule has 0 aliphatic carbocycles. The number of carbonyl (C=O) groups excluding carboxylic acids is 1. The van der Waals surface area contributed by atoms with Crippen LogP contribution < -0.4 is 15.4 Å². The average Bonchev–Trinajstić information content (AvgIpc) is 2.79. The molecule has 1 aromatic carbocycles. The maximum Gasteiger partial charge on any atom is 0.317 e. The highest BCUT2D eigenvalue weighted by Crippen LogP contribution is 2.20. The molecule has 0 unspecified atom stereocenters. The number of rotatable bonds is 6. The predicted molar refractivity (Wildman–Crippen MR) is 71.0 cm³/mol. The van der Waals surface area contributed by atoms with Gasteiger partial charge >= 0.3 is 6.03 Å². The molecule has 2 rings (SSSR count). The van der Waals surface area contributed by atoms with Gasteiger partial charge in [-0.15, -0.1) is 0 Å². The molecule has 1 aromatic rings. The van der Waals surface area contributed by atoms with E-state index in [-0.39, 0.29) is 17.6 Å². The maximum atomic E-state index is 13.6. The second-order valence-corrected chi connectivity index (χ2v) is 4.22. The fraction of sp³-hybridized carbons (Fsp3) is 0.462. The number of anilines is 1. The highest BCUT2D eigenvalue weighted by Gasteiger charge is 2.18. The second kappa shape index (κ2) is 6.26. The molecule has 104 valence electrons. The van der Waals surface area contributed by atoms with Gasteiger partial charge in [-0.25, -0.2) is 9.18 Å². The van der Waals surface area contributed by atoms with Gasteiger partial charge in [0.1, 0.15) is 0 Å². The number of nitrogens with one attached hydrogen (secondary N) is 2. The van der Waals surface area contributed by atoms with Crippen molar-refractivity contribution in [3.05, 3.63) is 24.0 Å². The molecular formula is C13H18FN3O2. The zero-order valence-corrected chi connectivity index (χ0v) is 10.9. The van der Waals surface area contributed by atoms with Crippen molar-refractivity contribution in [2.45, 2.75) is 6.92 Å². The Bertz CT molecular complexity index is 454. The SMILES string of the molecule is CCOc1ccc(NCCN2CCNC2=O)cc1F. The van der Waals surface area contributed by atoms with Crippen molar-refractivity contribution >= 4 is 11.7 Å². The number of halogens is 1. The largest absolute Gasteiger partial charge is 0.491 e. The third-order valence-corrected chi connectivity index (χ3v) is 2.89. The zero-order valence-electron chi connectivity index (χ0n) is 10.9. The van der Waals surface area contributed by atoms with Crippen LogP contribution in [-0.4, -0.2) is 43.7 Å². The molecule has 2 amide bonds. The lowest BCUT2D eigenvalue weighted by atomic mass is 10.3. The van der Waals surface area contributed by atoms with E-state index in [4.69, 9.17) is 4.74 Å². The number of carbonyl (C=O) groups is 1. The smallest absolute Gasteiger partial charge is 0.317 e. The Morgan fingerprint density at radius 2 is 2.37 bits per heavy atom. The van der Waals surface area contributed by atoms with E-state index in [1.807, 2.05) is 6.92 Å². The predicted octanol–water partition coefficient (Wildman–Crippen LogP) is 1.66. The first-order valence-corrected chi connectivity index (χ1v) is 6.39. The van der Waals surface area contributed by atoms with Crippen molar-refractivity contribution in [3.8, 4) is 5.75 Å². The summed E-state index contributed by atoms with van der Waals surface area (Å²) < 4.78 is 18.7. The normalized spacial score (nSPS) is 14.4. The van der Waals surface area contributed by atoms with Gasteiger partial charge in [0.2, 0.25) is 0 Å². The molecule has 19 heavy (non-hydrogen) atoms. The molecule has 0 spiro atoms. The summed E-state index contributed by atoms with van der Waals surface area (Å²) in [5.74, 6) is -0.127. The molecule has 0 bridgehead atoms. The first kappa shape index (κ1) is 13.5. The van der Waals surface area contributed by atoms with E-state index in [1.165, 1.54) is 6.07 Å². The third kappa shape index (κ3) is 3.49. The lowest BCUT2D eigenvalue weighted by molar-refractivity contribution is 0.219. The van der Waals surface area contributed by atoms with E-state index in [2.05, 4.69) is 10.6 Å². The Kier molecular flexibility index (Phi) is 4.43. The van der Waals surface area contributed by atoms with E-state index < -0.39 is 0 Å². The Hall–Kier alpha value is -1.98. The molecule has 1 aliphatic rings. The minimum atomic E-state index is -0.384. The summed E-state index contributed by atoms with van der Waals surface area (Å²) in [7, 11) is 0. The summed E-state index contributed by atoms with van der Waals surface area (Å²) in [5.41, 5.74) is 0.681. The van der Waals surface area contributed by atoms with Gasteiger partial charge in [-0.2, -0.15) is 0 Å². The minimum Gasteiger partial charge on any atom is -0.491 e. The molecule has 1 saturated heterocycles. The quantitative estimate of drug-likeness (QED) is 0.824. The van der Waals surface area contributed by atoms with Crippen LogP contribution in [0.5, 0.6) is 5.75 Å². The average molecular weight is 267 g/mol. The Morgan fingerprint density at radius 3 is 3.00 bits per heavy atom. The van der Waals surface area contributed by atoms with Crippen molar-refractivity contribution in [2.24, 2.45) is 0 Å². The van der Waals surface area contributed by atoms with E-state index in [0.717, 1.165) is 6.54 Å². The van der Waals surface area contributed by atoms with Crippen LogP contribution in [0.15, 0.2) is 18.2 Å². The number of ether oxygens (including phenoxy) is 1. The fourth-order valence-corrected chi connectivity index (χ4v) is 1.94. The minimum absolute atomic E-state index is 0.0420. The Morgan fingerprint density at radius 1 is 1.53 bits per heavy atom. The van der Waals surface area contributed by atoms with Gasteiger partial charge in [-0.1, -0.05) is 0 Å². The third-order valence-electron chi connectivity index (χ3n) is 2.89. The number of urea groups is 1. The van der Waals surface area contributed by atoms with Gasteiger partial charge in [0.15, 0.2) is 11.6 Å². The molecule has 0 atom stereocenters. The first-order chi connectivity index (χ1) is 9.20. The van der Waals surface area contributed by atoms with E-state index in [9.17, 15) is 9.18 Å². The number of amides is 2. The first-order valence-electron chi connectivity index (χ1n) is 6.39. The molecule has 1 heterocycles. The monoisotopic (exact) mass is 267 g/mol. The number of benzene rings is 1. The lowest BCUT2D eigenvalue weighted by Crippen LogP contribution is -2.32. The van der Waals surface area contributed by atoms with Crippen molar-refractivity contribution in [1.29, 1.82) is 0 Å². The molecule has 1 aliphatic heterocycles. The summed E-state index contributed by atoms with van der Waals surface area (Å²) >= 11 is 0. The Labute approximate surface area is 111 Å². The van der Waals surface area contributed by atoms with Crippen LogP contribution in [0.2, 0.25) is 0 Å². The molecule has 5 nitrogen and oxygen atoms in total. The maximum absolute atomic E-state index is 13.6. The van der Waals surface area contributed by atoms with Crippen LogP contribution in [-0.2, 0) is 0 Å². The van der Waals surface area contributed by atoms with Gasteiger partial charge in [0.05, 0.1) is 6.61 Å². The molecule has 6 heteroatoms. The Balaban J connectivity index is 1.82. The van der Waals surface area contributed by atoms with Crippen LogP contribution in [0.25, 0.3) is 0 Å². The highest BCUT2D eigenvalue weighted by molar-refractivity contribution is 5.76. The molecule has 2 N–H and O–H groups in total. The summed E-state index contributed by atoms with van der Waals surface area (Å²) in [6, 6.07) is 4.72. The van der Waals surface area contributed by atoms with Gasteiger partial charge in [-0.05, 0) is 19.1 Å². The van der Waals surface area contributed by atoms with E-state index >= 15 is 0 Å². The molecule has 0 saturated carbocycles. The fourth-order valence-electron chi connectivity index (χ4n) is 1.94. The van der Waals surface area contributed by atoms with Crippen molar-refractivity contribution in [2.75, 3.05) is 38.1 Å². The van der Waals surface area contributed by atoms with Crippen LogP contribution in [0, 0.1) is 5.82 Å². The molecule has 0 aromatic heterocycles. The van der Waals surface area contributed by atoms with Crippen LogP contribution in [0.3, 0.4) is 0 Å². The highest BCUT2D eigenvalue weighted by atomic mass is 19.1. The topological polar surface area (TPSA) is 53.6 Å². The van der Waals surface area contributed by atoms with Crippen molar-refractivity contribution < 1.29 is 13.9 Å². The van der Waals surface area contributed by atoms with Gasteiger partial charge in [0, 0.05) is 37.9 Å². The van der Waals surface area contributed by atoms with Crippen molar-refractivity contribution in [3.63, 3.8) is 0 Å². The van der Waals surface area contributed by atoms with Crippen molar-refractivity contribution in [1.82, 2.24) is 10.2 Å². The van der Waals surface area contributed by atoms with Crippen LogP contribution in [0.1, 0.15) is 6.92 Å². The van der Waals surface area contributed by atoms with Crippen LogP contribution >= 0.6 is 0 Å². The summed E-state index contributed by atoms with van der Waals surface area (Å²) in [5, 5.41) is 5.82. The molecule has 0 radical (unpaired) electrons. The standard InChI is InChI=1S/C13H18FN3O2/c1-2-19-12-4-3-10(9-11(12)14)15-5-7-17-8-6-16-13(17)18/h3-4,9,15H,2,5-8H2,1H3,(H,16,18). The van der Waals surface area contributed by atoms with Gasteiger partial charge < -0.3 is 20.3 Å². The summed E-state index contributed by atoms with van der Waals surface area (Å²) in [6.07, 6.45) is 0. The van der Waals surface area contributed by atoms with Crippen LogP contribution in [0.4, 0.5) is 14.9 Å². The zero-order chi connectivity index (χ0) is 13.7. The van der Waals surface area contributed by atoms with E-state index in [1.54, 1.807) is 17.0 Å². The van der Waals surface area contributed by atoms with Gasteiger partial charge in [-0.3, -0.25) is 0 Å². The summed E-state index contributed by atoms with van der Waals surface area (Å²) in [4.78, 5) is 13.0. The number of hydrogen-bond donors (Lipinski definition) is 2. The molecular weight excluding hydrogens is 249 g/mol. The lowest BCUT2D eigenvalue weighted by Gasteiger charge is -2.15. The number of hydrogen-bond acceptors (Lipinski definition) is 3. The number of nitrogens with zero attached hydrogens (tertiary/aromatic N) is 1. The second-order valence-electron chi connectivity index (χ2n) is 4.22.